The maximum absolute atomic E-state index is 10.2. The first-order valence-electron chi connectivity index (χ1n) is 6.14. The van der Waals surface area contributed by atoms with Crippen LogP contribution in [0.5, 0.6) is 0 Å². The fourth-order valence-electron chi connectivity index (χ4n) is 1.78. The zero-order valence-electron chi connectivity index (χ0n) is 11.2. The minimum Gasteiger partial charge on any atom is -0.387 e. The van der Waals surface area contributed by atoms with E-state index in [0.29, 0.717) is 28.0 Å². The van der Waals surface area contributed by atoms with Crippen LogP contribution in [0.2, 0.25) is 10.0 Å². The van der Waals surface area contributed by atoms with Gasteiger partial charge in [0.2, 0.25) is 0 Å². The van der Waals surface area contributed by atoms with Gasteiger partial charge in [-0.15, -0.1) is 0 Å². The van der Waals surface area contributed by atoms with Crippen LogP contribution in [0.1, 0.15) is 23.1 Å². The van der Waals surface area contributed by atoms with E-state index in [1.54, 1.807) is 24.4 Å². The number of aliphatic hydroxyl groups excluding tert-OH is 1. The third kappa shape index (κ3) is 3.60. The Bertz CT molecular complexity index is 619. The summed E-state index contributed by atoms with van der Waals surface area (Å²) in [5.41, 5.74) is 2.23. The van der Waals surface area contributed by atoms with Crippen molar-refractivity contribution in [2.45, 2.75) is 20.0 Å². The molecule has 20 heavy (non-hydrogen) atoms. The molecule has 1 unspecified atom stereocenters. The Labute approximate surface area is 127 Å². The molecule has 0 saturated carbocycles. The Kier molecular flexibility index (Phi) is 4.81. The largest absolute Gasteiger partial charge is 0.387 e. The molecule has 1 aromatic heterocycles. The number of hydrogen-bond donors (Lipinski definition) is 2. The van der Waals surface area contributed by atoms with Gasteiger partial charge in [-0.3, -0.25) is 4.98 Å². The Hall–Kier alpha value is -1.36. The van der Waals surface area contributed by atoms with E-state index in [0.717, 1.165) is 11.4 Å². The molecule has 0 aliphatic carbocycles. The van der Waals surface area contributed by atoms with Crippen molar-refractivity contribution in [3.05, 3.63) is 51.4 Å². The maximum atomic E-state index is 10.2. The lowest BCUT2D eigenvalue weighted by molar-refractivity contribution is 0.191. The molecule has 0 saturated heterocycles. The minimum absolute atomic E-state index is 0.292. The average molecular weight is 312 g/mol. The smallest absolute Gasteiger partial charge is 0.147 e. The highest BCUT2D eigenvalue weighted by atomic mass is 35.5. The molecule has 4 nitrogen and oxygen atoms in total. The lowest BCUT2D eigenvalue weighted by Crippen LogP contribution is -2.14. The SMILES string of the molecule is Cc1cnc(C)c(NCC(O)c2ccc(Cl)cc2Cl)n1. The van der Waals surface area contributed by atoms with E-state index >= 15 is 0 Å². The summed E-state index contributed by atoms with van der Waals surface area (Å²) >= 11 is 11.9. The second-order valence-corrected chi connectivity index (χ2v) is 5.35. The molecule has 2 N–H and O–H groups in total. The van der Waals surface area contributed by atoms with Crippen molar-refractivity contribution >= 4 is 29.0 Å². The summed E-state index contributed by atoms with van der Waals surface area (Å²) in [5.74, 6) is 0.661. The monoisotopic (exact) mass is 311 g/mol. The standard InChI is InChI=1S/C14H15Cl2N3O/c1-8-6-17-9(2)14(19-8)18-7-13(20)11-4-3-10(15)5-12(11)16/h3-6,13,20H,7H2,1-2H3,(H,18,19). The van der Waals surface area contributed by atoms with Crippen molar-refractivity contribution in [3.8, 4) is 0 Å². The summed E-state index contributed by atoms with van der Waals surface area (Å²) in [6, 6.07) is 5.02. The molecule has 0 aliphatic heterocycles. The number of nitrogens with zero attached hydrogens (tertiary/aromatic N) is 2. The van der Waals surface area contributed by atoms with Crippen LogP contribution < -0.4 is 5.32 Å². The molecule has 1 aromatic carbocycles. The third-order valence-corrected chi connectivity index (χ3v) is 3.42. The number of rotatable bonds is 4. The normalized spacial score (nSPS) is 12.2. The van der Waals surface area contributed by atoms with Crippen LogP contribution in [-0.4, -0.2) is 21.6 Å². The zero-order chi connectivity index (χ0) is 14.7. The van der Waals surface area contributed by atoms with Crippen molar-refractivity contribution in [2.24, 2.45) is 0 Å². The summed E-state index contributed by atoms with van der Waals surface area (Å²) in [6.45, 7) is 4.01. The van der Waals surface area contributed by atoms with Crippen LogP contribution in [0.15, 0.2) is 24.4 Å². The summed E-state index contributed by atoms with van der Waals surface area (Å²) in [6.07, 6.45) is 0.953. The van der Waals surface area contributed by atoms with E-state index in [-0.39, 0.29) is 0 Å². The van der Waals surface area contributed by atoms with E-state index in [2.05, 4.69) is 15.3 Å². The van der Waals surface area contributed by atoms with Crippen molar-refractivity contribution in [3.63, 3.8) is 0 Å². The number of aromatic nitrogens is 2. The van der Waals surface area contributed by atoms with E-state index in [1.165, 1.54) is 0 Å². The summed E-state index contributed by atoms with van der Waals surface area (Å²) in [4.78, 5) is 8.54. The van der Waals surface area contributed by atoms with Gasteiger partial charge < -0.3 is 10.4 Å². The molecule has 2 aromatic rings. The Morgan fingerprint density at radius 2 is 2.05 bits per heavy atom. The number of halogens is 2. The maximum Gasteiger partial charge on any atom is 0.147 e. The van der Waals surface area contributed by atoms with Crippen LogP contribution in [0, 0.1) is 13.8 Å². The second kappa shape index (κ2) is 6.39. The third-order valence-electron chi connectivity index (χ3n) is 2.86. The van der Waals surface area contributed by atoms with E-state index in [4.69, 9.17) is 23.2 Å². The predicted octanol–water partition coefficient (Wildman–Crippen LogP) is 3.55. The quantitative estimate of drug-likeness (QED) is 0.906. The lowest BCUT2D eigenvalue weighted by Gasteiger charge is -2.15. The minimum atomic E-state index is -0.749. The molecule has 0 spiro atoms. The van der Waals surface area contributed by atoms with Gasteiger partial charge in [-0.2, -0.15) is 0 Å². The molecule has 0 bridgehead atoms. The molecule has 0 aliphatic rings. The van der Waals surface area contributed by atoms with Crippen LogP contribution >= 0.6 is 23.2 Å². The van der Waals surface area contributed by atoms with Gasteiger partial charge in [0.1, 0.15) is 5.82 Å². The van der Waals surface area contributed by atoms with E-state index in [9.17, 15) is 5.11 Å². The van der Waals surface area contributed by atoms with Gasteiger partial charge in [-0.1, -0.05) is 29.3 Å². The Morgan fingerprint density at radius 1 is 1.30 bits per heavy atom. The average Bonchev–Trinajstić information content (AvgIpc) is 2.39. The van der Waals surface area contributed by atoms with Gasteiger partial charge >= 0.3 is 0 Å². The molecule has 106 valence electrons. The summed E-state index contributed by atoms with van der Waals surface area (Å²) < 4.78 is 0. The molecule has 2 rings (SSSR count). The molecule has 0 radical (unpaired) electrons. The van der Waals surface area contributed by atoms with Crippen molar-refractivity contribution in [1.29, 1.82) is 0 Å². The Morgan fingerprint density at radius 3 is 2.75 bits per heavy atom. The highest BCUT2D eigenvalue weighted by molar-refractivity contribution is 6.35. The molecular weight excluding hydrogens is 297 g/mol. The van der Waals surface area contributed by atoms with Gasteiger partial charge in [-0.05, 0) is 26.0 Å². The van der Waals surface area contributed by atoms with Gasteiger partial charge in [0, 0.05) is 28.4 Å². The van der Waals surface area contributed by atoms with E-state index in [1.807, 2.05) is 13.8 Å². The summed E-state index contributed by atoms with van der Waals surface area (Å²) in [7, 11) is 0. The number of aliphatic hydroxyl groups is 1. The highest BCUT2D eigenvalue weighted by Gasteiger charge is 2.13. The number of benzene rings is 1. The van der Waals surface area contributed by atoms with Gasteiger partial charge in [0.15, 0.2) is 0 Å². The zero-order valence-corrected chi connectivity index (χ0v) is 12.7. The summed E-state index contributed by atoms with van der Waals surface area (Å²) in [5, 5.41) is 14.2. The predicted molar refractivity (Wildman–Crippen MR) is 81.4 cm³/mol. The fourth-order valence-corrected chi connectivity index (χ4v) is 2.31. The number of hydrogen-bond acceptors (Lipinski definition) is 4. The molecule has 1 atom stereocenters. The van der Waals surface area contributed by atoms with Gasteiger partial charge in [0.25, 0.3) is 0 Å². The molecular formula is C14H15Cl2N3O. The first-order chi connectivity index (χ1) is 9.47. The Balaban J connectivity index is 2.08. The first kappa shape index (κ1) is 15.0. The van der Waals surface area contributed by atoms with Crippen molar-refractivity contribution in [1.82, 2.24) is 9.97 Å². The number of nitrogens with one attached hydrogen (secondary N) is 1. The number of aryl methyl sites for hydroxylation is 2. The first-order valence-corrected chi connectivity index (χ1v) is 6.90. The van der Waals surface area contributed by atoms with Crippen molar-refractivity contribution in [2.75, 3.05) is 11.9 Å². The highest BCUT2D eigenvalue weighted by Crippen LogP contribution is 2.26. The van der Waals surface area contributed by atoms with Crippen LogP contribution in [-0.2, 0) is 0 Å². The fraction of sp³-hybridized carbons (Fsp3) is 0.286. The van der Waals surface area contributed by atoms with Crippen molar-refractivity contribution < 1.29 is 5.11 Å². The van der Waals surface area contributed by atoms with Crippen LogP contribution in [0.3, 0.4) is 0 Å². The molecule has 0 amide bonds. The van der Waals surface area contributed by atoms with Crippen LogP contribution in [0.25, 0.3) is 0 Å². The molecule has 0 fully saturated rings. The number of anilines is 1. The van der Waals surface area contributed by atoms with Crippen LogP contribution in [0.4, 0.5) is 5.82 Å². The topological polar surface area (TPSA) is 58.0 Å². The lowest BCUT2D eigenvalue weighted by atomic mass is 10.1. The van der Waals surface area contributed by atoms with E-state index < -0.39 is 6.10 Å². The van der Waals surface area contributed by atoms with Gasteiger partial charge in [-0.25, -0.2) is 4.98 Å². The second-order valence-electron chi connectivity index (χ2n) is 4.51. The molecule has 1 heterocycles. The van der Waals surface area contributed by atoms with Gasteiger partial charge in [0.05, 0.1) is 17.5 Å². The molecule has 6 heteroatoms.